The standard InChI is InChI=1S/C22H22N8O2/c1-14(2)19-16(12-25-30(19)18-10-6-7-11-24-18)20(31)32-13-17-27-21(23)29-22(28-17)26-15-8-4-3-5-9-15/h3-12,14H,13H2,1-2H3,(H3,23,26,27,28,29). The average Bonchev–Trinajstić information content (AvgIpc) is 3.24. The SMILES string of the molecule is CC(C)c1c(C(=O)OCc2nc(N)nc(Nc3ccccc3)n2)cnn1-c1ccccn1. The number of rotatable bonds is 7. The first-order valence-corrected chi connectivity index (χ1v) is 10.00. The van der Waals surface area contributed by atoms with E-state index in [1.54, 1.807) is 10.9 Å². The summed E-state index contributed by atoms with van der Waals surface area (Å²) < 4.78 is 7.11. The third-order valence-corrected chi connectivity index (χ3v) is 4.50. The van der Waals surface area contributed by atoms with Crippen molar-refractivity contribution in [1.29, 1.82) is 0 Å². The Hall–Kier alpha value is -4.34. The molecule has 0 bridgehead atoms. The average molecular weight is 430 g/mol. The van der Waals surface area contributed by atoms with Gasteiger partial charge in [-0.05, 0) is 30.2 Å². The van der Waals surface area contributed by atoms with Gasteiger partial charge in [0.25, 0.3) is 0 Å². The van der Waals surface area contributed by atoms with Crippen LogP contribution in [0.15, 0.2) is 60.9 Å². The van der Waals surface area contributed by atoms with Crippen molar-refractivity contribution in [2.24, 2.45) is 0 Å². The van der Waals surface area contributed by atoms with Gasteiger partial charge < -0.3 is 15.8 Å². The van der Waals surface area contributed by atoms with Crippen LogP contribution >= 0.6 is 0 Å². The Balaban J connectivity index is 1.51. The van der Waals surface area contributed by atoms with Gasteiger partial charge in [0.1, 0.15) is 5.56 Å². The molecule has 0 aliphatic heterocycles. The van der Waals surface area contributed by atoms with E-state index in [1.807, 2.05) is 62.4 Å². The summed E-state index contributed by atoms with van der Waals surface area (Å²) in [6.07, 6.45) is 3.15. The van der Waals surface area contributed by atoms with Gasteiger partial charge in [-0.1, -0.05) is 38.1 Å². The number of nitrogen functional groups attached to an aromatic ring is 1. The van der Waals surface area contributed by atoms with Crippen LogP contribution in [0.3, 0.4) is 0 Å². The number of nitrogens with two attached hydrogens (primary N) is 1. The lowest BCUT2D eigenvalue weighted by atomic mass is 10.1. The second-order valence-corrected chi connectivity index (χ2v) is 7.20. The van der Waals surface area contributed by atoms with Crippen molar-refractivity contribution in [1.82, 2.24) is 29.7 Å². The van der Waals surface area contributed by atoms with Crippen molar-refractivity contribution in [2.45, 2.75) is 26.4 Å². The number of hydrogen-bond donors (Lipinski definition) is 2. The van der Waals surface area contributed by atoms with Crippen molar-refractivity contribution < 1.29 is 9.53 Å². The van der Waals surface area contributed by atoms with Crippen LogP contribution in [0.2, 0.25) is 0 Å². The van der Waals surface area contributed by atoms with Crippen LogP contribution in [0.1, 0.15) is 41.6 Å². The second-order valence-electron chi connectivity index (χ2n) is 7.20. The molecule has 0 spiro atoms. The molecule has 0 amide bonds. The van der Waals surface area contributed by atoms with Gasteiger partial charge in [-0.15, -0.1) is 0 Å². The Morgan fingerprint density at radius 2 is 1.88 bits per heavy atom. The smallest absolute Gasteiger partial charge is 0.342 e. The number of pyridine rings is 1. The molecule has 0 saturated carbocycles. The molecule has 1 aromatic carbocycles. The third kappa shape index (κ3) is 4.69. The topological polar surface area (TPSA) is 134 Å². The molecule has 3 aromatic heterocycles. The van der Waals surface area contributed by atoms with E-state index in [0.29, 0.717) is 17.1 Å². The first-order valence-electron chi connectivity index (χ1n) is 10.00. The highest BCUT2D eigenvalue weighted by Crippen LogP contribution is 2.23. The number of ether oxygens (including phenoxy) is 1. The lowest BCUT2D eigenvalue weighted by Crippen LogP contribution is -2.13. The van der Waals surface area contributed by atoms with Crippen LogP contribution in [0.4, 0.5) is 17.6 Å². The molecule has 4 rings (SSSR count). The Bertz CT molecular complexity index is 1210. The molecule has 0 unspecified atom stereocenters. The van der Waals surface area contributed by atoms with E-state index < -0.39 is 5.97 Å². The summed E-state index contributed by atoms with van der Waals surface area (Å²) in [4.78, 5) is 29.6. The minimum atomic E-state index is -0.535. The summed E-state index contributed by atoms with van der Waals surface area (Å²) in [5, 5.41) is 7.39. The highest BCUT2D eigenvalue weighted by molar-refractivity contribution is 5.90. The van der Waals surface area contributed by atoms with Crippen LogP contribution < -0.4 is 11.1 Å². The molecule has 3 N–H and O–H groups in total. The van der Waals surface area contributed by atoms with E-state index in [-0.39, 0.29) is 30.2 Å². The largest absolute Gasteiger partial charge is 0.454 e. The fourth-order valence-electron chi connectivity index (χ4n) is 3.15. The molecule has 32 heavy (non-hydrogen) atoms. The Labute approximate surface area is 184 Å². The predicted molar refractivity (Wildman–Crippen MR) is 119 cm³/mol. The molecule has 0 saturated heterocycles. The summed E-state index contributed by atoms with van der Waals surface area (Å²) in [6.45, 7) is 3.78. The maximum Gasteiger partial charge on any atom is 0.342 e. The number of nitrogens with zero attached hydrogens (tertiary/aromatic N) is 6. The third-order valence-electron chi connectivity index (χ3n) is 4.50. The summed E-state index contributed by atoms with van der Waals surface area (Å²) in [5.41, 5.74) is 7.66. The summed E-state index contributed by atoms with van der Waals surface area (Å²) in [6, 6.07) is 14.9. The van der Waals surface area contributed by atoms with E-state index >= 15 is 0 Å². The lowest BCUT2D eigenvalue weighted by molar-refractivity contribution is 0.0460. The quantitative estimate of drug-likeness (QED) is 0.424. The maximum atomic E-state index is 12.8. The Morgan fingerprint density at radius 3 is 2.59 bits per heavy atom. The minimum absolute atomic E-state index is 0.0107. The monoisotopic (exact) mass is 430 g/mol. The van der Waals surface area contributed by atoms with Crippen molar-refractivity contribution in [2.75, 3.05) is 11.1 Å². The molecule has 0 atom stereocenters. The number of carbonyl (C=O) groups is 1. The molecule has 0 radical (unpaired) electrons. The highest BCUT2D eigenvalue weighted by atomic mass is 16.5. The number of hydrogen-bond acceptors (Lipinski definition) is 9. The molecule has 4 aromatic rings. The van der Waals surface area contributed by atoms with Crippen LogP contribution in [-0.4, -0.2) is 35.7 Å². The maximum absolute atomic E-state index is 12.8. The molecule has 0 aliphatic rings. The summed E-state index contributed by atoms with van der Waals surface area (Å²) in [7, 11) is 0. The van der Waals surface area contributed by atoms with Crippen molar-refractivity contribution in [3.8, 4) is 5.82 Å². The molecule has 10 heteroatoms. The molecule has 0 aliphatic carbocycles. The van der Waals surface area contributed by atoms with Crippen molar-refractivity contribution in [3.63, 3.8) is 0 Å². The second kappa shape index (κ2) is 9.21. The summed E-state index contributed by atoms with van der Waals surface area (Å²) in [5.74, 6) is 0.615. The van der Waals surface area contributed by atoms with E-state index in [9.17, 15) is 4.79 Å². The lowest BCUT2D eigenvalue weighted by Gasteiger charge is -2.12. The molecule has 0 fully saturated rings. The zero-order chi connectivity index (χ0) is 22.5. The van der Waals surface area contributed by atoms with Crippen LogP contribution in [0.25, 0.3) is 5.82 Å². The molecular weight excluding hydrogens is 408 g/mol. The molecule has 162 valence electrons. The zero-order valence-corrected chi connectivity index (χ0v) is 17.6. The van der Waals surface area contributed by atoms with Crippen molar-refractivity contribution >= 4 is 23.6 Å². The first-order chi connectivity index (χ1) is 15.5. The van der Waals surface area contributed by atoms with Crippen LogP contribution in [0.5, 0.6) is 0 Å². The number of esters is 1. The van der Waals surface area contributed by atoms with Gasteiger partial charge in [0.2, 0.25) is 11.9 Å². The van der Waals surface area contributed by atoms with Crippen LogP contribution in [-0.2, 0) is 11.3 Å². The Kier molecular flexibility index (Phi) is 6.02. The molecular formula is C22H22N8O2. The van der Waals surface area contributed by atoms with Crippen LogP contribution in [0, 0.1) is 0 Å². The van der Waals surface area contributed by atoms with E-state index in [1.165, 1.54) is 6.20 Å². The number of nitrogens with one attached hydrogen (secondary N) is 1. The van der Waals surface area contributed by atoms with E-state index in [4.69, 9.17) is 10.5 Å². The number of para-hydroxylation sites is 1. The number of carbonyl (C=O) groups excluding carboxylic acids is 1. The van der Waals surface area contributed by atoms with E-state index in [0.717, 1.165) is 5.69 Å². The van der Waals surface area contributed by atoms with Gasteiger partial charge in [-0.25, -0.2) is 14.5 Å². The normalized spacial score (nSPS) is 10.8. The Morgan fingerprint density at radius 1 is 1.09 bits per heavy atom. The zero-order valence-electron chi connectivity index (χ0n) is 17.6. The predicted octanol–water partition coefficient (Wildman–Crippen LogP) is 3.26. The van der Waals surface area contributed by atoms with Crippen molar-refractivity contribution in [3.05, 3.63) is 78.0 Å². The number of aromatic nitrogens is 6. The van der Waals surface area contributed by atoms with Gasteiger partial charge >= 0.3 is 5.97 Å². The van der Waals surface area contributed by atoms with Gasteiger partial charge in [-0.3, -0.25) is 0 Å². The van der Waals surface area contributed by atoms with E-state index in [2.05, 4.69) is 30.4 Å². The molecule has 3 heterocycles. The van der Waals surface area contributed by atoms with Gasteiger partial charge in [0, 0.05) is 11.9 Å². The van der Waals surface area contributed by atoms with Gasteiger partial charge in [0.05, 0.1) is 11.9 Å². The summed E-state index contributed by atoms with van der Waals surface area (Å²) >= 11 is 0. The van der Waals surface area contributed by atoms with Gasteiger partial charge in [-0.2, -0.15) is 20.1 Å². The fraction of sp³-hybridized carbons (Fsp3) is 0.182. The minimum Gasteiger partial charge on any atom is -0.454 e. The number of benzene rings is 1. The van der Waals surface area contributed by atoms with Gasteiger partial charge in [0.15, 0.2) is 18.2 Å². The first kappa shape index (κ1) is 20.9. The fourth-order valence-corrected chi connectivity index (χ4v) is 3.15. The highest BCUT2D eigenvalue weighted by Gasteiger charge is 2.23. The number of anilines is 3. The molecule has 10 nitrogen and oxygen atoms in total.